The second kappa shape index (κ2) is 5.45. The average Bonchev–Trinajstić information content (AvgIpc) is 2.76. The van der Waals surface area contributed by atoms with Gasteiger partial charge in [-0.1, -0.05) is 6.07 Å². The molecule has 0 bridgehead atoms. The van der Waals surface area contributed by atoms with Gasteiger partial charge in [0.15, 0.2) is 0 Å². The molecule has 0 unspecified atom stereocenters. The van der Waals surface area contributed by atoms with Crippen LogP contribution in [0.25, 0.3) is 0 Å². The number of nitrogens with one attached hydrogen (secondary N) is 1. The molecule has 0 aromatic carbocycles. The van der Waals surface area contributed by atoms with Crippen molar-refractivity contribution < 1.29 is 4.74 Å². The summed E-state index contributed by atoms with van der Waals surface area (Å²) in [5, 5.41) is 3.34. The van der Waals surface area contributed by atoms with Crippen LogP contribution in [0, 0.1) is 0 Å². The van der Waals surface area contributed by atoms with Gasteiger partial charge in [-0.25, -0.2) is 9.97 Å². The highest BCUT2D eigenvalue weighted by atomic mass is 16.5. The molecule has 2 aromatic rings. The zero-order chi connectivity index (χ0) is 12.1. The van der Waals surface area contributed by atoms with Crippen LogP contribution in [0.2, 0.25) is 0 Å². The van der Waals surface area contributed by atoms with Crippen molar-refractivity contribution in [3.05, 3.63) is 42.1 Å². The molecule has 0 atom stereocenters. The Hall–Kier alpha value is -1.88. The van der Waals surface area contributed by atoms with Crippen LogP contribution in [-0.4, -0.2) is 21.6 Å². The minimum Gasteiger partial charge on any atom is -0.481 e. The second-order valence-electron chi connectivity index (χ2n) is 3.81. The van der Waals surface area contributed by atoms with E-state index in [1.165, 1.54) is 0 Å². The topological polar surface area (TPSA) is 52.0 Å². The first kappa shape index (κ1) is 11.6. The fraction of sp³-hybridized carbons (Fsp3) is 0.333. The molecule has 0 aliphatic heterocycles. The Morgan fingerprint density at radius 3 is 2.76 bits per heavy atom. The Morgan fingerprint density at radius 2 is 2.18 bits per heavy atom. The van der Waals surface area contributed by atoms with E-state index in [4.69, 9.17) is 4.74 Å². The number of ether oxygens (including phenoxy) is 1. The number of rotatable bonds is 5. The summed E-state index contributed by atoms with van der Waals surface area (Å²) in [6.07, 6.45) is 5.47. The van der Waals surface area contributed by atoms with Crippen LogP contribution in [-0.2, 0) is 20.1 Å². The Bertz CT molecular complexity index is 464. The van der Waals surface area contributed by atoms with Crippen LogP contribution < -0.4 is 10.1 Å². The van der Waals surface area contributed by atoms with E-state index < -0.39 is 0 Å². The number of hydrogen-bond acceptors (Lipinski definition) is 4. The molecule has 0 amide bonds. The summed E-state index contributed by atoms with van der Waals surface area (Å²) >= 11 is 0. The standard InChI is InChI=1S/C12H16N4O/c1-16-9-14-8-11(16)7-13-5-10-3-4-12(17-2)15-6-10/h3-4,6,8-9,13H,5,7H2,1-2H3. The number of nitrogens with zero attached hydrogens (tertiary/aromatic N) is 3. The molecule has 17 heavy (non-hydrogen) atoms. The molecule has 0 saturated carbocycles. The number of imidazole rings is 1. The molecule has 0 saturated heterocycles. The third-order valence-corrected chi connectivity index (χ3v) is 2.56. The molecule has 2 rings (SSSR count). The van der Waals surface area contributed by atoms with Crippen LogP contribution >= 0.6 is 0 Å². The van der Waals surface area contributed by atoms with Gasteiger partial charge in [0.1, 0.15) is 0 Å². The fourth-order valence-corrected chi connectivity index (χ4v) is 1.53. The highest BCUT2D eigenvalue weighted by molar-refractivity contribution is 5.17. The fourth-order valence-electron chi connectivity index (χ4n) is 1.53. The molecule has 0 aliphatic rings. The number of methoxy groups -OCH3 is 1. The van der Waals surface area contributed by atoms with E-state index in [1.54, 1.807) is 13.4 Å². The molecular weight excluding hydrogens is 216 g/mol. The zero-order valence-electron chi connectivity index (χ0n) is 10.1. The first-order chi connectivity index (χ1) is 8.29. The van der Waals surface area contributed by atoms with Crippen molar-refractivity contribution in [3.8, 4) is 5.88 Å². The maximum Gasteiger partial charge on any atom is 0.212 e. The van der Waals surface area contributed by atoms with Crippen molar-refractivity contribution >= 4 is 0 Å². The lowest BCUT2D eigenvalue weighted by Gasteiger charge is -2.05. The summed E-state index contributed by atoms with van der Waals surface area (Å²) in [5.41, 5.74) is 2.29. The first-order valence-electron chi connectivity index (χ1n) is 5.44. The zero-order valence-corrected chi connectivity index (χ0v) is 10.1. The largest absolute Gasteiger partial charge is 0.481 e. The van der Waals surface area contributed by atoms with E-state index in [0.29, 0.717) is 5.88 Å². The number of aromatic nitrogens is 3. The minimum atomic E-state index is 0.639. The van der Waals surface area contributed by atoms with E-state index >= 15 is 0 Å². The molecule has 5 nitrogen and oxygen atoms in total. The smallest absolute Gasteiger partial charge is 0.212 e. The lowest BCUT2D eigenvalue weighted by Crippen LogP contribution is -2.14. The van der Waals surface area contributed by atoms with Crippen LogP contribution in [0.1, 0.15) is 11.3 Å². The summed E-state index contributed by atoms with van der Waals surface area (Å²) < 4.78 is 7.00. The van der Waals surface area contributed by atoms with Crippen LogP contribution in [0.5, 0.6) is 5.88 Å². The van der Waals surface area contributed by atoms with Gasteiger partial charge in [0.25, 0.3) is 0 Å². The summed E-state index contributed by atoms with van der Waals surface area (Å²) in [4.78, 5) is 8.21. The highest BCUT2D eigenvalue weighted by Gasteiger charge is 1.98. The second-order valence-corrected chi connectivity index (χ2v) is 3.81. The number of aryl methyl sites for hydroxylation is 1. The molecule has 0 spiro atoms. The molecule has 0 radical (unpaired) electrons. The Balaban J connectivity index is 1.83. The maximum absolute atomic E-state index is 5.01. The predicted octanol–water partition coefficient (Wildman–Crippen LogP) is 1.11. The van der Waals surface area contributed by atoms with Gasteiger partial charge in [-0.15, -0.1) is 0 Å². The van der Waals surface area contributed by atoms with Gasteiger partial charge in [0.05, 0.1) is 19.1 Å². The van der Waals surface area contributed by atoms with Crippen LogP contribution in [0.4, 0.5) is 0 Å². The quantitative estimate of drug-likeness (QED) is 0.839. The lowest BCUT2D eigenvalue weighted by molar-refractivity contribution is 0.397. The van der Waals surface area contributed by atoms with Crippen molar-refractivity contribution in [2.45, 2.75) is 13.1 Å². The molecule has 2 aromatic heterocycles. The first-order valence-corrected chi connectivity index (χ1v) is 5.44. The van der Waals surface area contributed by atoms with Gasteiger partial charge in [0.2, 0.25) is 5.88 Å². The molecular formula is C12H16N4O. The normalized spacial score (nSPS) is 10.5. The number of hydrogen-bond donors (Lipinski definition) is 1. The molecule has 90 valence electrons. The molecule has 0 aliphatic carbocycles. The van der Waals surface area contributed by atoms with Gasteiger partial charge in [-0.05, 0) is 5.56 Å². The monoisotopic (exact) mass is 232 g/mol. The Morgan fingerprint density at radius 1 is 1.29 bits per heavy atom. The predicted molar refractivity (Wildman–Crippen MR) is 64.5 cm³/mol. The average molecular weight is 232 g/mol. The van der Waals surface area contributed by atoms with Crippen molar-refractivity contribution in [1.82, 2.24) is 19.9 Å². The minimum absolute atomic E-state index is 0.639. The maximum atomic E-state index is 5.01. The summed E-state index contributed by atoms with van der Waals surface area (Å²) in [5.74, 6) is 0.639. The van der Waals surface area contributed by atoms with Gasteiger partial charge in [-0.2, -0.15) is 0 Å². The van der Waals surface area contributed by atoms with Gasteiger partial charge >= 0.3 is 0 Å². The summed E-state index contributed by atoms with van der Waals surface area (Å²) in [6, 6.07) is 3.86. The van der Waals surface area contributed by atoms with Crippen molar-refractivity contribution in [2.75, 3.05) is 7.11 Å². The molecule has 2 heterocycles. The van der Waals surface area contributed by atoms with Crippen molar-refractivity contribution in [1.29, 1.82) is 0 Å². The third-order valence-electron chi connectivity index (χ3n) is 2.56. The van der Waals surface area contributed by atoms with E-state index in [1.807, 2.05) is 36.1 Å². The Kier molecular flexibility index (Phi) is 3.72. The Labute approximate surface area is 100 Å². The van der Waals surface area contributed by atoms with Crippen molar-refractivity contribution in [2.24, 2.45) is 7.05 Å². The van der Waals surface area contributed by atoms with E-state index in [-0.39, 0.29) is 0 Å². The third kappa shape index (κ3) is 3.04. The van der Waals surface area contributed by atoms with Gasteiger partial charge in [0, 0.05) is 38.6 Å². The molecule has 0 fully saturated rings. The highest BCUT2D eigenvalue weighted by Crippen LogP contribution is 2.06. The summed E-state index contributed by atoms with van der Waals surface area (Å²) in [7, 11) is 3.60. The number of pyridine rings is 1. The van der Waals surface area contributed by atoms with Gasteiger partial charge in [-0.3, -0.25) is 0 Å². The summed E-state index contributed by atoms with van der Waals surface area (Å²) in [6.45, 7) is 1.57. The SMILES string of the molecule is COc1ccc(CNCc2cncn2C)cn1. The van der Waals surface area contributed by atoms with Crippen molar-refractivity contribution in [3.63, 3.8) is 0 Å². The molecule has 5 heteroatoms. The lowest BCUT2D eigenvalue weighted by atomic mass is 10.3. The van der Waals surface area contributed by atoms with Crippen LogP contribution in [0.3, 0.4) is 0 Å². The molecule has 1 N–H and O–H groups in total. The van der Waals surface area contributed by atoms with E-state index in [2.05, 4.69) is 15.3 Å². The van der Waals surface area contributed by atoms with E-state index in [0.717, 1.165) is 24.3 Å². The van der Waals surface area contributed by atoms with E-state index in [9.17, 15) is 0 Å². The van der Waals surface area contributed by atoms with Crippen LogP contribution in [0.15, 0.2) is 30.9 Å². The van der Waals surface area contributed by atoms with Gasteiger partial charge < -0.3 is 14.6 Å².